The van der Waals surface area contributed by atoms with E-state index in [4.69, 9.17) is 15.2 Å². The first-order valence-electron chi connectivity index (χ1n) is 7.33. The topological polar surface area (TPSA) is 44.5 Å². The summed E-state index contributed by atoms with van der Waals surface area (Å²) in [5, 5.41) is 0. The predicted octanol–water partition coefficient (Wildman–Crippen LogP) is 3.15. The average molecular weight is 263 g/mol. The number of hydrogen-bond acceptors (Lipinski definition) is 3. The highest BCUT2D eigenvalue weighted by Gasteiger charge is 2.20. The maximum Gasteiger partial charge on any atom is 0.164 e. The van der Waals surface area contributed by atoms with E-state index in [2.05, 4.69) is 6.07 Å². The van der Waals surface area contributed by atoms with E-state index in [-0.39, 0.29) is 6.04 Å². The molecule has 1 unspecified atom stereocenters. The van der Waals surface area contributed by atoms with Gasteiger partial charge in [-0.1, -0.05) is 18.6 Å². The second-order valence-corrected chi connectivity index (χ2v) is 5.47. The van der Waals surface area contributed by atoms with E-state index in [1.807, 2.05) is 26.0 Å². The van der Waals surface area contributed by atoms with Crippen molar-refractivity contribution in [3.8, 4) is 11.5 Å². The molecule has 1 aliphatic carbocycles. The van der Waals surface area contributed by atoms with Crippen LogP contribution in [0.25, 0.3) is 0 Å². The van der Waals surface area contributed by atoms with Gasteiger partial charge in [0.1, 0.15) is 0 Å². The van der Waals surface area contributed by atoms with Crippen LogP contribution in [0.4, 0.5) is 0 Å². The maximum absolute atomic E-state index is 6.05. The molecule has 0 heterocycles. The van der Waals surface area contributed by atoms with E-state index >= 15 is 0 Å². The molecule has 0 aliphatic heterocycles. The first-order valence-corrected chi connectivity index (χ1v) is 7.33. The van der Waals surface area contributed by atoms with E-state index in [0.717, 1.165) is 36.0 Å². The molecule has 3 heteroatoms. The standard InChI is InChI=1S/C16H25NO2/c1-3-18-15-9-5-8-14(10-12(2)17)16(15)19-11-13-6-4-7-13/h5,8-9,12-13H,3-4,6-7,10-11,17H2,1-2H3. The van der Waals surface area contributed by atoms with Crippen molar-refractivity contribution in [3.63, 3.8) is 0 Å². The molecule has 2 rings (SSSR count). The average Bonchev–Trinajstić information content (AvgIpc) is 2.29. The smallest absolute Gasteiger partial charge is 0.164 e. The lowest BCUT2D eigenvalue weighted by Crippen LogP contribution is -2.21. The second kappa shape index (κ2) is 6.80. The van der Waals surface area contributed by atoms with Crippen molar-refractivity contribution in [2.45, 2.75) is 45.6 Å². The molecule has 1 atom stereocenters. The van der Waals surface area contributed by atoms with Crippen molar-refractivity contribution in [3.05, 3.63) is 23.8 Å². The first kappa shape index (κ1) is 14.2. The van der Waals surface area contributed by atoms with Crippen LogP contribution in [0, 0.1) is 5.92 Å². The van der Waals surface area contributed by atoms with Gasteiger partial charge in [-0.3, -0.25) is 0 Å². The van der Waals surface area contributed by atoms with Crippen LogP contribution in [0.1, 0.15) is 38.7 Å². The van der Waals surface area contributed by atoms with Crippen LogP contribution in [0.2, 0.25) is 0 Å². The highest BCUT2D eigenvalue weighted by Crippen LogP contribution is 2.34. The van der Waals surface area contributed by atoms with Gasteiger partial charge < -0.3 is 15.2 Å². The van der Waals surface area contributed by atoms with Crippen LogP contribution < -0.4 is 15.2 Å². The molecule has 19 heavy (non-hydrogen) atoms. The molecule has 0 bridgehead atoms. The Kier molecular flexibility index (Phi) is 5.08. The van der Waals surface area contributed by atoms with Crippen LogP contribution >= 0.6 is 0 Å². The molecule has 2 N–H and O–H groups in total. The van der Waals surface area contributed by atoms with Gasteiger partial charge in [-0.2, -0.15) is 0 Å². The van der Waals surface area contributed by atoms with Gasteiger partial charge in [0.25, 0.3) is 0 Å². The summed E-state index contributed by atoms with van der Waals surface area (Å²) in [7, 11) is 0. The minimum absolute atomic E-state index is 0.128. The molecule has 1 aromatic carbocycles. The highest BCUT2D eigenvalue weighted by atomic mass is 16.5. The first-order chi connectivity index (χ1) is 9.20. The fourth-order valence-electron chi connectivity index (χ4n) is 2.36. The Balaban J connectivity index is 2.12. The van der Waals surface area contributed by atoms with Gasteiger partial charge in [0.2, 0.25) is 0 Å². The Labute approximate surface area is 116 Å². The third-order valence-electron chi connectivity index (χ3n) is 3.59. The van der Waals surface area contributed by atoms with Crippen molar-refractivity contribution in [2.24, 2.45) is 11.7 Å². The largest absolute Gasteiger partial charge is 0.490 e. The zero-order valence-electron chi connectivity index (χ0n) is 12.0. The minimum Gasteiger partial charge on any atom is -0.490 e. The third kappa shape index (κ3) is 3.87. The molecule has 1 fully saturated rings. The lowest BCUT2D eigenvalue weighted by atomic mass is 9.86. The summed E-state index contributed by atoms with van der Waals surface area (Å²) < 4.78 is 11.7. The minimum atomic E-state index is 0.128. The molecule has 0 saturated heterocycles. The van der Waals surface area contributed by atoms with E-state index in [1.54, 1.807) is 0 Å². The quantitative estimate of drug-likeness (QED) is 0.822. The number of ether oxygens (including phenoxy) is 2. The summed E-state index contributed by atoms with van der Waals surface area (Å²) in [6.07, 6.45) is 4.74. The van der Waals surface area contributed by atoms with E-state index < -0.39 is 0 Å². The van der Waals surface area contributed by atoms with Gasteiger partial charge in [-0.05, 0) is 50.7 Å². The molecular formula is C16H25NO2. The van der Waals surface area contributed by atoms with Gasteiger partial charge in [0, 0.05) is 6.04 Å². The summed E-state index contributed by atoms with van der Waals surface area (Å²) in [5.74, 6) is 2.46. The van der Waals surface area contributed by atoms with Gasteiger partial charge in [0.15, 0.2) is 11.5 Å². The maximum atomic E-state index is 6.05. The summed E-state index contributed by atoms with van der Waals surface area (Å²) >= 11 is 0. The number of para-hydroxylation sites is 1. The molecule has 1 aromatic rings. The monoisotopic (exact) mass is 263 g/mol. The summed E-state index contributed by atoms with van der Waals surface area (Å²) in [4.78, 5) is 0. The van der Waals surface area contributed by atoms with Crippen molar-refractivity contribution in [2.75, 3.05) is 13.2 Å². The van der Waals surface area contributed by atoms with Crippen molar-refractivity contribution in [1.82, 2.24) is 0 Å². The highest BCUT2D eigenvalue weighted by molar-refractivity contribution is 5.47. The van der Waals surface area contributed by atoms with E-state index in [9.17, 15) is 0 Å². The molecule has 106 valence electrons. The fourth-order valence-corrected chi connectivity index (χ4v) is 2.36. The molecule has 0 aromatic heterocycles. The normalized spacial score (nSPS) is 16.8. The van der Waals surface area contributed by atoms with Gasteiger partial charge >= 0.3 is 0 Å². The molecule has 0 amide bonds. The molecule has 3 nitrogen and oxygen atoms in total. The number of hydrogen-bond donors (Lipinski definition) is 1. The lowest BCUT2D eigenvalue weighted by molar-refractivity contribution is 0.172. The number of nitrogens with two attached hydrogens (primary N) is 1. The van der Waals surface area contributed by atoms with Crippen molar-refractivity contribution in [1.29, 1.82) is 0 Å². The number of benzene rings is 1. The zero-order valence-corrected chi connectivity index (χ0v) is 12.0. The van der Waals surface area contributed by atoms with E-state index in [1.165, 1.54) is 19.3 Å². The summed E-state index contributed by atoms with van der Waals surface area (Å²) in [6, 6.07) is 6.20. The van der Waals surface area contributed by atoms with Crippen LogP contribution in [-0.2, 0) is 6.42 Å². The molecule has 0 radical (unpaired) electrons. The van der Waals surface area contributed by atoms with Gasteiger partial charge in [0.05, 0.1) is 13.2 Å². The number of rotatable bonds is 7. The van der Waals surface area contributed by atoms with Crippen molar-refractivity contribution < 1.29 is 9.47 Å². The third-order valence-corrected chi connectivity index (χ3v) is 3.59. The second-order valence-electron chi connectivity index (χ2n) is 5.47. The van der Waals surface area contributed by atoms with E-state index in [0.29, 0.717) is 6.61 Å². The molecule has 1 saturated carbocycles. The Hall–Kier alpha value is -1.22. The van der Waals surface area contributed by atoms with Gasteiger partial charge in [-0.15, -0.1) is 0 Å². The Bertz CT molecular complexity index is 400. The SMILES string of the molecule is CCOc1cccc(CC(C)N)c1OCC1CCC1. The van der Waals surface area contributed by atoms with Crippen LogP contribution in [0.15, 0.2) is 18.2 Å². The molecular weight excluding hydrogens is 238 g/mol. The Morgan fingerprint density at radius 2 is 2.11 bits per heavy atom. The lowest BCUT2D eigenvalue weighted by Gasteiger charge is -2.26. The van der Waals surface area contributed by atoms with Crippen LogP contribution in [-0.4, -0.2) is 19.3 Å². The zero-order chi connectivity index (χ0) is 13.7. The predicted molar refractivity (Wildman–Crippen MR) is 77.8 cm³/mol. The van der Waals surface area contributed by atoms with Crippen LogP contribution in [0.5, 0.6) is 11.5 Å². The Morgan fingerprint density at radius 3 is 2.68 bits per heavy atom. The summed E-state index contributed by atoms with van der Waals surface area (Å²) in [5.41, 5.74) is 7.07. The Morgan fingerprint density at radius 1 is 1.32 bits per heavy atom. The van der Waals surface area contributed by atoms with Crippen molar-refractivity contribution >= 4 is 0 Å². The van der Waals surface area contributed by atoms with Crippen LogP contribution in [0.3, 0.4) is 0 Å². The molecule has 1 aliphatic rings. The summed E-state index contributed by atoms with van der Waals surface area (Å²) in [6.45, 7) is 5.47. The molecule has 0 spiro atoms. The van der Waals surface area contributed by atoms with Gasteiger partial charge in [-0.25, -0.2) is 0 Å². The fraction of sp³-hybridized carbons (Fsp3) is 0.625.